The molecule has 0 radical (unpaired) electrons. The third kappa shape index (κ3) is 4.93. The highest BCUT2D eigenvalue weighted by Gasteiger charge is 2.30. The predicted octanol–water partition coefficient (Wildman–Crippen LogP) is 0.278. The maximum Gasteiger partial charge on any atom is 0.0785 e. The lowest BCUT2D eigenvalue weighted by atomic mass is 10.0. The first-order valence-electron chi connectivity index (χ1n) is 5.76. The van der Waals surface area contributed by atoms with Gasteiger partial charge in [0.2, 0.25) is 0 Å². The van der Waals surface area contributed by atoms with Crippen molar-refractivity contribution >= 4 is 0 Å². The van der Waals surface area contributed by atoms with Crippen molar-refractivity contribution < 1.29 is 14.9 Å². The Balaban J connectivity index is 2.01. The summed E-state index contributed by atoms with van der Waals surface area (Å²) in [6, 6.07) is 0. The number of aliphatic hydroxyl groups excluding tert-OH is 1. The molecule has 1 rings (SSSR count). The highest BCUT2D eigenvalue weighted by molar-refractivity contribution is 4.86. The molecule has 0 aromatic rings. The van der Waals surface area contributed by atoms with Crippen LogP contribution in [0.25, 0.3) is 0 Å². The van der Waals surface area contributed by atoms with Crippen molar-refractivity contribution in [1.82, 2.24) is 5.32 Å². The van der Waals surface area contributed by atoms with Crippen molar-refractivity contribution in [1.29, 1.82) is 0 Å². The van der Waals surface area contributed by atoms with Crippen LogP contribution in [0.15, 0.2) is 0 Å². The van der Waals surface area contributed by atoms with Crippen molar-refractivity contribution in [3.05, 3.63) is 0 Å². The van der Waals surface area contributed by atoms with Crippen LogP contribution < -0.4 is 5.32 Å². The third-order valence-electron chi connectivity index (χ3n) is 3.00. The van der Waals surface area contributed by atoms with E-state index >= 15 is 0 Å². The fourth-order valence-electron chi connectivity index (χ4n) is 2.08. The fourth-order valence-corrected chi connectivity index (χ4v) is 2.08. The average Bonchev–Trinajstić information content (AvgIpc) is 2.61. The Labute approximate surface area is 91.6 Å². The average molecular weight is 217 g/mol. The van der Waals surface area contributed by atoms with Gasteiger partial charge >= 0.3 is 0 Å². The van der Waals surface area contributed by atoms with E-state index in [9.17, 15) is 10.2 Å². The van der Waals surface area contributed by atoms with E-state index in [1.807, 2.05) is 0 Å². The van der Waals surface area contributed by atoms with E-state index in [-0.39, 0.29) is 0 Å². The van der Waals surface area contributed by atoms with Gasteiger partial charge in [0.15, 0.2) is 0 Å². The summed E-state index contributed by atoms with van der Waals surface area (Å²) in [6.45, 7) is 1.76. The highest BCUT2D eigenvalue weighted by Crippen LogP contribution is 2.28. The molecule has 1 saturated carbocycles. The Morgan fingerprint density at radius 1 is 1.40 bits per heavy atom. The van der Waals surface area contributed by atoms with Gasteiger partial charge in [-0.05, 0) is 25.8 Å². The van der Waals surface area contributed by atoms with Gasteiger partial charge in [-0.1, -0.05) is 12.8 Å². The zero-order valence-corrected chi connectivity index (χ0v) is 9.54. The normalized spacial score (nSPS) is 21.8. The number of ether oxygens (including phenoxy) is 1. The summed E-state index contributed by atoms with van der Waals surface area (Å²) in [4.78, 5) is 0. The van der Waals surface area contributed by atoms with Crippen molar-refractivity contribution in [3.8, 4) is 0 Å². The second kappa shape index (κ2) is 6.43. The highest BCUT2D eigenvalue weighted by atomic mass is 16.5. The summed E-state index contributed by atoms with van der Waals surface area (Å²) in [7, 11) is 1.58. The standard InChI is InChI=1S/C11H23NO3/c1-15-8-10(13)4-7-12-9-11(14)5-2-3-6-11/h10,12-14H,2-9H2,1H3. The fraction of sp³-hybridized carbons (Fsp3) is 1.00. The van der Waals surface area contributed by atoms with Crippen LogP contribution in [0.2, 0.25) is 0 Å². The number of hydrogen-bond acceptors (Lipinski definition) is 4. The molecule has 0 amide bonds. The summed E-state index contributed by atoms with van der Waals surface area (Å²) < 4.78 is 4.83. The lowest BCUT2D eigenvalue weighted by Gasteiger charge is -2.22. The van der Waals surface area contributed by atoms with Gasteiger partial charge in [0.25, 0.3) is 0 Å². The molecule has 0 spiro atoms. The first kappa shape index (κ1) is 12.9. The van der Waals surface area contributed by atoms with E-state index in [1.54, 1.807) is 7.11 Å². The molecule has 1 fully saturated rings. The number of aliphatic hydroxyl groups is 2. The molecule has 0 heterocycles. The van der Waals surface area contributed by atoms with Crippen LogP contribution in [-0.2, 0) is 4.74 Å². The molecule has 1 atom stereocenters. The summed E-state index contributed by atoms with van der Waals surface area (Å²) >= 11 is 0. The van der Waals surface area contributed by atoms with E-state index in [1.165, 1.54) is 0 Å². The van der Waals surface area contributed by atoms with Gasteiger partial charge in [0.1, 0.15) is 0 Å². The van der Waals surface area contributed by atoms with Gasteiger partial charge in [0.05, 0.1) is 18.3 Å². The molecule has 15 heavy (non-hydrogen) atoms. The monoisotopic (exact) mass is 217 g/mol. The second-order valence-corrected chi connectivity index (χ2v) is 4.51. The largest absolute Gasteiger partial charge is 0.391 e. The zero-order valence-electron chi connectivity index (χ0n) is 9.54. The van der Waals surface area contributed by atoms with Gasteiger partial charge < -0.3 is 20.3 Å². The maximum absolute atomic E-state index is 10.0. The van der Waals surface area contributed by atoms with E-state index in [2.05, 4.69) is 5.32 Å². The molecule has 4 heteroatoms. The number of hydrogen-bond donors (Lipinski definition) is 3. The van der Waals surface area contributed by atoms with E-state index < -0.39 is 11.7 Å². The Hall–Kier alpha value is -0.160. The third-order valence-corrected chi connectivity index (χ3v) is 3.00. The smallest absolute Gasteiger partial charge is 0.0785 e. The molecule has 3 N–H and O–H groups in total. The summed E-state index contributed by atoms with van der Waals surface area (Å²) in [5.41, 5.74) is -0.494. The molecule has 0 aliphatic heterocycles. The molecule has 0 aromatic heterocycles. The van der Waals surface area contributed by atoms with Crippen molar-refractivity contribution in [3.63, 3.8) is 0 Å². The van der Waals surface area contributed by atoms with Crippen LogP contribution in [0, 0.1) is 0 Å². The van der Waals surface area contributed by atoms with Crippen molar-refractivity contribution in [2.24, 2.45) is 0 Å². The summed E-state index contributed by atoms with van der Waals surface area (Å²) in [5.74, 6) is 0. The molecule has 90 valence electrons. The molecule has 4 nitrogen and oxygen atoms in total. The Morgan fingerprint density at radius 3 is 2.67 bits per heavy atom. The van der Waals surface area contributed by atoms with Crippen LogP contribution in [-0.4, -0.2) is 48.7 Å². The summed E-state index contributed by atoms with van der Waals surface area (Å²) in [5, 5.41) is 22.6. The number of methoxy groups -OCH3 is 1. The first-order chi connectivity index (χ1) is 7.16. The molecular weight excluding hydrogens is 194 g/mol. The topological polar surface area (TPSA) is 61.7 Å². The maximum atomic E-state index is 10.0. The van der Waals surface area contributed by atoms with Crippen LogP contribution in [0.1, 0.15) is 32.1 Å². The molecule has 1 unspecified atom stereocenters. The van der Waals surface area contributed by atoms with Gasteiger partial charge in [-0.3, -0.25) is 0 Å². The minimum atomic E-state index is -0.494. The van der Waals surface area contributed by atoms with Crippen molar-refractivity contribution in [2.75, 3.05) is 26.8 Å². The molecular formula is C11H23NO3. The quantitative estimate of drug-likeness (QED) is 0.536. The number of rotatable bonds is 7. The lowest BCUT2D eigenvalue weighted by molar-refractivity contribution is 0.0413. The van der Waals surface area contributed by atoms with Gasteiger partial charge in [0, 0.05) is 13.7 Å². The van der Waals surface area contributed by atoms with Crippen molar-refractivity contribution in [2.45, 2.75) is 43.8 Å². The molecule has 0 saturated heterocycles. The molecule has 1 aliphatic carbocycles. The second-order valence-electron chi connectivity index (χ2n) is 4.51. The zero-order chi connectivity index (χ0) is 11.1. The Kier molecular flexibility index (Phi) is 5.53. The van der Waals surface area contributed by atoms with Crippen LogP contribution in [0.3, 0.4) is 0 Å². The SMILES string of the molecule is COCC(O)CCNCC1(O)CCCC1. The first-order valence-corrected chi connectivity index (χ1v) is 5.76. The molecule has 0 aromatic carbocycles. The Bertz CT molecular complexity index is 169. The lowest BCUT2D eigenvalue weighted by Crippen LogP contribution is -2.39. The van der Waals surface area contributed by atoms with Gasteiger partial charge in [-0.2, -0.15) is 0 Å². The number of nitrogens with one attached hydrogen (secondary N) is 1. The van der Waals surface area contributed by atoms with Crippen LogP contribution in [0.4, 0.5) is 0 Å². The minimum absolute atomic E-state index is 0.381. The van der Waals surface area contributed by atoms with Gasteiger partial charge in [-0.25, -0.2) is 0 Å². The summed E-state index contributed by atoms with van der Waals surface area (Å²) in [6.07, 6.45) is 4.33. The Morgan fingerprint density at radius 2 is 2.07 bits per heavy atom. The molecule has 0 bridgehead atoms. The van der Waals surface area contributed by atoms with Crippen LogP contribution in [0.5, 0.6) is 0 Å². The van der Waals surface area contributed by atoms with Crippen LogP contribution >= 0.6 is 0 Å². The van der Waals surface area contributed by atoms with E-state index in [0.29, 0.717) is 19.6 Å². The van der Waals surface area contributed by atoms with E-state index in [0.717, 1.165) is 32.2 Å². The predicted molar refractivity (Wildman–Crippen MR) is 58.8 cm³/mol. The molecule has 1 aliphatic rings. The van der Waals surface area contributed by atoms with E-state index in [4.69, 9.17) is 4.74 Å². The van der Waals surface area contributed by atoms with Gasteiger partial charge in [-0.15, -0.1) is 0 Å². The minimum Gasteiger partial charge on any atom is -0.391 e.